The number of H-pyrrole nitrogens is 1. The summed E-state index contributed by atoms with van der Waals surface area (Å²) in [5.41, 5.74) is 6.22. The Morgan fingerprint density at radius 1 is 0.933 bits per heavy atom. The van der Waals surface area contributed by atoms with Crippen LogP contribution in [0.3, 0.4) is 0 Å². The summed E-state index contributed by atoms with van der Waals surface area (Å²) in [6.07, 6.45) is 1.00. The summed E-state index contributed by atoms with van der Waals surface area (Å²) in [6, 6.07) is 24.1. The van der Waals surface area contributed by atoms with Gasteiger partial charge in [-0.1, -0.05) is 42.5 Å². The number of benzene rings is 3. The van der Waals surface area contributed by atoms with Crippen molar-refractivity contribution in [1.29, 1.82) is 0 Å². The number of aromatic amines is 1. The standard InChI is InChI=1S/C25H20N4O/c30-25(29-13-12-18(15-29)16-6-2-1-3-7-16)17-10-11-20-19(14-17)23-24(27-20)28-22-9-5-4-8-21(22)26-23/h1-11,14,18H,12-13,15H2,(H,27,28)/t18-/m1/s1. The Morgan fingerprint density at radius 3 is 2.53 bits per heavy atom. The van der Waals surface area contributed by atoms with E-state index in [9.17, 15) is 4.79 Å². The van der Waals surface area contributed by atoms with Crippen LogP contribution in [0.15, 0.2) is 72.8 Å². The van der Waals surface area contributed by atoms with Crippen LogP contribution < -0.4 is 0 Å². The lowest BCUT2D eigenvalue weighted by Gasteiger charge is -2.17. The summed E-state index contributed by atoms with van der Waals surface area (Å²) in [4.78, 5) is 28.0. The number of para-hydroxylation sites is 2. The maximum Gasteiger partial charge on any atom is 0.253 e. The van der Waals surface area contributed by atoms with Crippen LogP contribution >= 0.6 is 0 Å². The van der Waals surface area contributed by atoms with Crippen LogP contribution in [0.1, 0.15) is 28.3 Å². The van der Waals surface area contributed by atoms with Gasteiger partial charge in [0.05, 0.1) is 11.0 Å². The highest BCUT2D eigenvalue weighted by atomic mass is 16.2. The van der Waals surface area contributed by atoms with Gasteiger partial charge in [-0.05, 0) is 42.3 Å². The third-order valence-corrected chi connectivity index (χ3v) is 6.09. The van der Waals surface area contributed by atoms with Crippen molar-refractivity contribution in [3.63, 3.8) is 0 Å². The molecule has 5 nitrogen and oxygen atoms in total. The smallest absolute Gasteiger partial charge is 0.253 e. The number of fused-ring (bicyclic) bond motifs is 4. The van der Waals surface area contributed by atoms with Crippen LogP contribution in [0.25, 0.3) is 33.1 Å². The minimum atomic E-state index is 0.0819. The van der Waals surface area contributed by atoms with Gasteiger partial charge in [0, 0.05) is 35.5 Å². The molecule has 2 aromatic heterocycles. The van der Waals surface area contributed by atoms with Gasteiger partial charge < -0.3 is 9.88 Å². The molecule has 3 heterocycles. The first kappa shape index (κ1) is 17.2. The Labute approximate surface area is 173 Å². The van der Waals surface area contributed by atoms with Crippen LogP contribution in [-0.4, -0.2) is 38.8 Å². The summed E-state index contributed by atoms with van der Waals surface area (Å²) in [5, 5.41) is 0.938. The second-order valence-corrected chi connectivity index (χ2v) is 7.94. The monoisotopic (exact) mass is 392 g/mol. The Hall–Kier alpha value is -3.73. The number of hydrogen-bond donors (Lipinski definition) is 1. The molecule has 1 N–H and O–H groups in total. The molecule has 3 aromatic carbocycles. The maximum absolute atomic E-state index is 13.2. The highest BCUT2D eigenvalue weighted by Crippen LogP contribution is 2.30. The molecule has 30 heavy (non-hydrogen) atoms. The molecule has 1 fully saturated rings. The van der Waals surface area contributed by atoms with Gasteiger partial charge in [0.15, 0.2) is 5.65 Å². The molecule has 6 rings (SSSR count). The van der Waals surface area contributed by atoms with Crippen molar-refractivity contribution < 1.29 is 4.79 Å². The van der Waals surface area contributed by atoms with Crippen LogP contribution in [0, 0.1) is 0 Å². The molecule has 1 aliphatic heterocycles. The highest BCUT2D eigenvalue weighted by Gasteiger charge is 2.28. The molecule has 1 saturated heterocycles. The van der Waals surface area contributed by atoms with Crippen LogP contribution in [0.4, 0.5) is 0 Å². The first-order valence-electron chi connectivity index (χ1n) is 10.3. The van der Waals surface area contributed by atoms with E-state index in [-0.39, 0.29) is 5.91 Å². The van der Waals surface area contributed by atoms with Gasteiger partial charge in [-0.2, -0.15) is 0 Å². The SMILES string of the molecule is O=C(c1ccc2[nH]c3nc4ccccc4nc3c2c1)N1CC[C@@H](c2ccccc2)C1. The number of nitrogens with one attached hydrogen (secondary N) is 1. The van der Waals surface area contributed by atoms with Gasteiger partial charge >= 0.3 is 0 Å². The van der Waals surface area contributed by atoms with Crippen LogP contribution in [0.5, 0.6) is 0 Å². The summed E-state index contributed by atoms with van der Waals surface area (Å²) >= 11 is 0. The minimum Gasteiger partial charge on any atom is -0.338 e. The quantitative estimate of drug-likeness (QED) is 0.465. The predicted molar refractivity (Wildman–Crippen MR) is 119 cm³/mol. The zero-order valence-electron chi connectivity index (χ0n) is 16.4. The predicted octanol–water partition coefficient (Wildman–Crippen LogP) is 4.89. The van der Waals surface area contributed by atoms with Gasteiger partial charge in [-0.15, -0.1) is 0 Å². The largest absolute Gasteiger partial charge is 0.338 e. The number of carbonyl (C=O) groups excluding carboxylic acids is 1. The van der Waals surface area contributed by atoms with Crippen molar-refractivity contribution in [2.75, 3.05) is 13.1 Å². The van der Waals surface area contributed by atoms with Crippen molar-refractivity contribution in [2.45, 2.75) is 12.3 Å². The molecule has 0 radical (unpaired) electrons. The maximum atomic E-state index is 13.2. The zero-order valence-corrected chi connectivity index (χ0v) is 16.4. The van der Waals surface area contributed by atoms with Gasteiger partial charge in [-0.25, -0.2) is 9.97 Å². The summed E-state index contributed by atoms with van der Waals surface area (Å²) in [5.74, 6) is 0.489. The lowest BCUT2D eigenvalue weighted by Crippen LogP contribution is -2.28. The molecule has 5 aromatic rings. The lowest BCUT2D eigenvalue weighted by molar-refractivity contribution is 0.0791. The number of nitrogens with zero attached hydrogens (tertiary/aromatic N) is 3. The second kappa shape index (κ2) is 6.66. The average molecular weight is 392 g/mol. The minimum absolute atomic E-state index is 0.0819. The average Bonchev–Trinajstić information content (AvgIpc) is 3.42. The summed E-state index contributed by atoms with van der Waals surface area (Å²) in [6.45, 7) is 1.55. The first-order valence-corrected chi connectivity index (χ1v) is 10.3. The van der Waals surface area contributed by atoms with E-state index in [0.29, 0.717) is 11.5 Å². The van der Waals surface area contributed by atoms with E-state index in [4.69, 9.17) is 9.97 Å². The summed E-state index contributed by atoms with van der Waals surface area (Å²) < 4.78 is 0. The van der Waals surface area contributed by atoms with Crippen molar-refractivity contribution in [3.05, 3.63) is 83.9 Å². The van der Waals surface area contributed by atoms with Gasteiger partial charge in [0.1, 0.15) is 5.52 Å². The molecule has 0 saturated carbocycles. The molecule has 1 atom stereocenters. The summed E-state index contributed by atoms with van der Waals surface area (Å²) in [7, 11) is 0. The second-order valence-electron chi connectivity index (χ2n) is 7.94. The van der Waals surface area contributed by atoms with Gasteiger partial charge in [-0.3, -0.25) is 4.79 Å². The molecule has 1 amide bonds. The fourth-order valence-corrected chi connectivity index (χ4v) is 4.51. The van der Waals surface area contributed by atoms with E-state index in [1.54, 1.807) is 0 Å². The van der Waals surface area contributed by atoms with Crippen LogP contribution in [-0.2, 0) is 0 Å². The van der Waals surface area contributed by atoms with Crippen LogP contribution in [0.2, 0.25) is 0 Å². The molecule has 5 heteroatoms. The Morgan fingerprint density at radius 2 is 1.70 bits per heavy atom. The Bertz CT molecular complexity index is 1410. The van der Waals surface area contributed by atoms with Crippen molar-refractivity contribution in [3.8, 4) is 0 Å². The normalized spacial score (nSPS) is 16.7. The number of hydrogen-bond acceptors (Lipinski definition) is 3. The molecular weight excluding hydrogens is 372 g/mol. The Balaban J connectivity index is 1.36. The molecular formula is C25H20N4O. The van der Waals surface area contributed by atoms with Crippen molar-refractivity contribution in [2.24, 2.45) is 0 Å². The molecule has 1 aliphatic rings. The van der Waals surface area contributed by atoms with E-state index in [1.807, 2.05) is 53.4 Å². The number of aromatic nitrogens is 3. The Kier molecular flexibility index (Phi) is 3.81. The molecule has 146 valence electrons. The third-order valence-electron chi connectivity index (χ3n) is 6.09. The topological polar surface area (TPSA) is 61.9 Å². The number of rotatable bonds is 2. The van der Waals surface area contributed by atoms with Crippen molar-refractivity contribution in [1.82, 2.24) is 19.9 Å². The van der Waals surface area contributed by atoms with E-state index in [2.05, 4.69) is 29.2 Å². The molecule has 0 spiro atoms. The third kappa shape index (κ3) is 2.74. The van der Waals surface area contributed by atoms with Gasteiger partial charge in [0.25, 0.3) is 5.91 Å². The zero-order chi connectivity index (χ0) is 20.1. The molecule has 0 aliphatic carbocycles. The number of amides is 1. The molecule has 0 unspecified atom stereocenters. The van der Waals surface area contributed by atoms with Gasteiger partial charge in [0.2, 0.25) is 0 Å². The van der Waals surface area contributed by atoms with E-state index < -0.39 is 0 Å². The number of carbonyl (C=O) groups is 1. The highest BCUT2D eigenvalue weighted by molar-refractivity contribution is 6.08. The lowest BCUT2D eigenvalue weighted by atomic mass is 9.99. The van der Waals surface area contributed by atoms with Crippen molar-refractivity contribution >= 4 is 39.0 Å². The van der Waals surface area contributed by atoms with E-state index >= 15 is 0 Å². The fraction of sp³-hybridized carbons (Fsp3) is 0.160. The fourth-order valence-electron chi connectivity index (χ4n) is 4.51. The number of likely N-dealkylation sites (tertiary alicyclic amines) is 1. The van der Waals surface area contributed by atoms with E-state index in [0.717, 1.165) is 52.6 Å². The molecule has 0 bridgehead atoms. The first-order chi connectivity index (χ1) is 14.8. The van der Waals surface area contributed by atoms with E-state index in [1.165, 1.54) is 5.56 Å².